The second-order valence-electron chi connectivity index (χ2n) is 4.42. The third-order valence-electron chi connectivity index (χ3n) is 2.89. The Morgan fingerprint density at radius 2 is 2.24 bits per heavy atom. The van der Waals surface area contributed by atoms with Crippen LogP contribution in [0.4, 0.5) is 0 Å². The fraction of sp³-hybridized carbons (Fsp3) is 0.385. The predicted molar refractivity (Wildman–Crippen MR) is 69.8 cm³/mol. The first-order valence-electron chi connectivity index (χ1n) is 5.98. The van der Waals surface area contributed by atoms with Crippen LogP contribution in [0, 0.1) is 5.92 Å². The fourth-order valence-corrected chi connectivity index (χ4v) is 2.49. The van der Waals surface area contributed by atoms with E-state index in [1.54, 1.807) is 17.5 Å². The number of aromatic nitrogens is 2. The fourth-order valence-electron chi connectivity index (χ4n) is 1.73. The van der Waals surface area contributed by atoms with Crippen LogP contribution in [0.1, 0.15) is 17.8 Å². The summed E-state index contributed by atoms with van der Waals surface area (Å²) in [6, 6.07) is 5.91. The Morgan fingerprint density at radius 1 is 1.29 bits per heavy atom. The Bertz CT molecular complexity index is 476. The van der Waals surface area contributed by atoms with Crippen molar-refractivity contribution in [2.24, 2.45) is 5.92 Å². The van der Waals surface area contributed by atoms with Crippen molar-refractivity contribution in [2.45, 2.75) is 19.4 Å². The maximum absolute atomic E-state index is 4.59. The van der Waals surface area contributed by atoms with Gasteiger partial charge in [-0.15, -0.1) is 11.3 Å². The van der Waals surface area contributed by atoms with Gasteiger partial charge in [0.25, 0.3) is 0 Å². The first-order chi connectivity index (χ1) is 8.42. The minimum atomic E-state index is 0.883. The van der Waals surface area contributed by atoms with Crippen LogP contribution < -0.4 is 5.32 Å². The molecule has 17 heavy (non-hydrogen) atoms. The minimum absolute atomic E-state index is 0.883. The first-order valence-corrected chi connectivity index (χ1v) is 6.86. The molecular formula is C13H15N3S. The molecule has 0 bridgehead atoms. The smallest absolute Gasteiger partial charge is 0.107 e. The number of nitrogens with zero attached hydrogens (tertiary/aromatic N) is 2. The van der Waals surface area contributed by atoms with Crippen molar-refractivity contribution in [3.8, 4) is 11.4 Å². The van der Waals surface area contributed by atoms with Crippen LogP contribution in [-0.4, -0.2) is 16.5 Å². The summed E-state index contributed by atoms with van der Waals surface area (Å²) in [5, 5.41) is 6.68. The van der Waals surface area contributed by atoms with Crippen molar-refractivity contribution in [3.63, 3.8) is 0 Å². The topological polar surface area (TPSA) is 37.8 Å². The quantitative estimate of drug-likeness (QED) is 0.880. The molecule has 0 spiro atoms. The zero-order valence-electron chi connectivity index (χ0n) is 9.60. The maximum atomic E-state index is 4.59. The van der Waals surface area contributed by atoms with Gasteiger partial charge >= 0.3 is 0 Å². The lowest BCUT2D eigenvalue weighted by molar-refractivity contribution is 0.637. The highest BCUT2D eigenvalue weighted by atomic mass is 32.1. The molecule has 0 atom stereocenters. The monoisotopic (exact) mass is 245 g/mol. The van der Waals surface area contributed by atoms with E-state index in [-0.39, 0.29) is 0 Å². The highest BCUT2D eigenvalue weighted by Crippen LogP contribution is 2.27. The number of rotatable bonds is 5. The molecule has 1 N–H and O–H groups in total. The van der Waals surface area contributed by atoms with Crippen molar-refractivity contribution in [2.75, 3.05) is 6.54 Å². The molecule has 0 saturated heterocycles. The summed E-state index contributed by atoms with van der Waals surface area (Å²) in [7, 11) is 0. The van der Waals surface area contributed by atoms with Crippen LogP contribution in [-0.2, 0) is 6.54 Å². The molecule has 2 aromatic rings. The van der Waals surface area contributed by atoms with Gasteiger partial charge in [0, 0.05) is 18.1 Å². The number of hydrogen-bond donors (Lipinski definition) is 1. The summed E-state index contributed by atoms with van der Waals surface area (Å²) in [5.41, 5.74) is 1.94. The Hall–Kier alpha value is -1.26. The average Bonchev–Trinajstić information content (AvgIpc) is 3.07. The second kappa shape index (κ2) is 4.94. The lowest BCUT2D eigenvalue weighted by atomic mass is 10.3. The molecule has 2 heterocycles. The van der Waals surface area contributed by atoms with Crippen LogP contribution in [0.2, 0.25) is 0 Å². The Morgan fingerprint density at radius 3 is 3.00 bits per heavy atom. The van der Waals surface area contributed by atoms with Crippen molar-refractivity contribution in [1.82, 2.24) is 15.3 Å². The summed E-state index contributed by atoms with van der Waals surface area (Å²) >= 11 is 1.70. The molecular weight excluding hydrogens is 230 g/mol. The number of hydrogen-bond acceptors (Lipinski definition) is 4. The van der Waals surface area contributed by atoms with Crippen molar-refractivity contribution < 1.29 is 0 Å². The van der Waals surface area contributed by atoms with Gasteiger partial charge in [-0.05, 0) is 37.4 Å². The van der Waals surface area contributed by atoms with E-state index < -0.39 is 0 Å². The molecule has 1 fully saturated rings. The van der Waals surface area contributed by atoms with Gasteiger partial charge in [-0.1, -0.05) is 6.07 Å². The van der Waals surface area contributed by atoms with E-state index in [2.05, 4.69) is 20.7 Å². The molecule has 1 aliphatic rings. The third-order valence-corrected chi connectivity index (χ3v) is 3.73. The minimum Gasteiger partial charge on any atom is -0.310 e. The summed E-state index contributed by atoms with van der Waals surface area (Å²) in [6.07, 6.45) is 4.59. The SMILES string of the molecule is c1ccc(-c2csc(CNCC3CC3)n2)nc1. The molecule has 0 radical (unpaired) electrons. The maximum Gasteiger partial charge on any atom is 0.107 e. The zero-order valence-corrected chi connectivity index (χ0v) is 10.4. The standard InChI is InChI=1S/C13H15N3S/c1-2-6-15-11(3-1)12-9-17-13(16-12)8-14-7-10-4-5-10/h1-3,6,9-10,14H,4-5,7-8H2. The molecule has 3 nitrogen and oxygen atoms in total. The summed E-state index contributed by atoms with van der Waals surface area (Å²) in [5.74, 6) is 0.922. The molecule has 0 aromatic carbocycles. The lowest BCUT2D eigenvalue weighted by Gasteiger charge is -1.99. The van der Waals surface area contributed by atoms with Crippen LogP contribution in [0.3, 0.4) is 0 Å². The molecule has 0 aliphatic heterocycles. The number of thiazole rings is 1. The molecule has 4 heteroatoms. The van der Waals surface area contributed by atoms with Crippen molar-refractivity contribution >= 4 is 11.3 Å². The average molecular weight is 245 g/mol. The Kier molecular flexibility index (Phi) is 3.16. The second-order valence-corrected chi connectivity index (χ2v) is 5.36. The van der Waals surface area contributed by atoms with Gasteiger partial charge < -0.3 is 5.32 Å². The van der Waals surface area contributed by atoms with E-state index in [1.807, 2.05) is 18.2 Å². The molecule has 88 valence electrons. The van der Waals surface area contributed by atoms with Crippen LogP contribution in [0.15, 0.2) is 29.8 Å². The van der Waals surface area contributed by atoms with Gasteiger partial charge in [-0.2, -0.15) is 0 Å². The van der Waals surface area contributed by atoms with Crippen LogP contribution in [0.5, 0.6) is 0 Å². The Labute approximate surface area is 105 Å². The third kappa shape index (κ3) is 2.90. The van der Waals surface area contributed by atoms with Crippen LogP contribution >= 0.6 is 11.3 Å². The molecule has 3 rings (SSSR count). The number of pyridine rings is 1. The molecule has 1 saturated carbocycles. The van der Waals surface area contributed by atoms with E-state index in [9.17, 15) is 0 Å². The highest BCUT2D eigenvalue weighted by molar-refractivity contribution is 7.09. The van der Waals surface area contributed by atoms with E-state index in [1.165, 1.54) is 12.8 Å². The van der Waals surface area contributed by atoms with Gasteiger partial charge in [-0.3, -0.25) is 4.98 Å². The molecule has 2 aromatic heterocycles. The van der Waals surface area contributed by atoms with Crippen LogP contribution in [0.25, 0.3) is 11.4 Å². The van der Waals surface area contributed by atoms with Crippen molar-refractivity contribution in [3.05, 3.63) is 34.8 Å². The van der Waals surface area contributed by atoms with Crippen molar-refractivity contribution in [1.29, 1.82) is 0 Å². The van der Waals surface area contributed by atoms with Gasteiger partial charge in [-0.25, -0.2) is 4.98 Å². The lowest BCUT2D eigenvalue weighted by Crippen LogP contribution is -2.15. The van der Waals surface area contributed by atoms with E-state index in [4.69, 9.17) is 0 Å². The van der Waals surface area contributed by atoms with E-state index in [0.717, 1.165) is 35.4 Å². The molecule has 0 unspecified atom stereocenters. The van der Waals surface area contributed by atoms with Gasteiger partial charge in [0.15, 0.2) is 0 Å². The van der Waals surface area contributed by atoms with Gasteiger partial charge in [0.05, 0.1) is 11.4 Å². The Balaban J connectivity index is 1.61. The number of nitrogens with one attached hydrogen (secondary N) is 1. The van der Waals surface area contributed by atoms with Gasteiger partial charge in [0.1, 0.15) is 5.01 Å². The normalized spacial score (nSPS) is 15.1. The largest absolute Gasteiger partial charge is 0.310 e. The summed E-state index contributed by atoms with van der Waals surface area (Å²) in [6.45, 7) is 2.02. The van der Waals surface area contributed by atoms with Gasteiger partial charge in [0.2, 0.25) is 0 Å². The molecule has 1 aliphatic carbocycles. The molecule has 0 amide bonds. The zero-order chi connectivity index (χ0) is 11.5. The summed E-state index contributed by atoms with van der Waals surface area (Å²) < 4.78 is 0. The predicted octanol–water partition coefficient (Wildman–Crippen LogP) is 2.70. The first kappa shape index (κ1) is 10.9. The van der Waals surface area contributed by atoms with E-state index >= 15 is 0 Å². The highest BCUT2D eigenvalue weighted by Gasteiger charge is 2.20. The summed E-state index contributed by atoms with van der Waals surface area (Å²) in [4.78, 5) is 8.90. The van der Waals surface area contributed by atoms with E-state index in [0.29, 0.717) is 0 Å².